The Morgan fingerprint density at radius 1 is 1.13 bits per heavy atom. The van der Waals surface area contributed by atoms with Crippen LogP contribution < -0.4 is 0 Å². The quantitative estimate of drug-likeness (QED) is 0.615. The highest BCUT2D eigenvalue weighted by molar-refractivity contribution is 5.06. The number of aryl methyl sites for hydroxylation is 1. The number of unbranched alkanes of at least 4 members (excludes halogenated alkanes) is 5. The van der Waals surface area contributed by atoms with Gasteiger partial charge in [0, 0.05) is 6.20 Å². The van der Waals surface area contributed by atoms with Crippen LogP contribution in [0.5, 0.6) is 0 Å². The monoisotopic (exact) mass is 209 g/mol. The molecule has 1 aromatic rings. The maximum atomic E-state index is 13.2. The highest BCUT2D eigenvalue weighted by Gasteiger charge is 2.01. The zero-order chi connectivity index (χ0) is 10.9. The summed E-state index contributed by atoms with van der Waals surface area (Å²) in [6.45, 7) is 2.21. The van der Waals surface area contributed by atoms with Crippen LogP contribution in [0.3, 0.4) is 0 Å². The molecule has 1 aromatic heterocycles. The first-order valence-electron chi connectivity index (χ1n) is 5.94. The smallest absolute Gasteiger partial charge is 0.144 e. The van der Waals surface area contributed by atoms with Crippen molar-refractivity contribution in [2.75, 3.05) is 0 Å². The summed E-state index contributed by atoms with van der Waals surface area (Å²) in [6.07, 6.45) is 9.85. The largest absolute Gasteiger partial charge is 0.258 e. The van der Waals surface area contributed by atoms with E-state index in [1.807, 2.05) is 0 Å². The Bertz CT molecular complexity index is 273. The number of halogens is 1. The molecule has 1 heterocycles. The van der Waals surface area contributed by atoms with Crippen LogP contribution in [0.25, 0.3) is 0 Å². The van der Waals surface area contributed by atoms with E-state index in [1.165, 1.54) is 38.2 Å². The summed E-state index contributed by atoms with van der Waals surface area (Å²) < 4.78 is 13.2. The first kappa shape index (κ1) is 12.2. The van der Waals surface area contributed by atoms with Gasteiger partial charge in [-0.05, 0) is 25.0 Å². The third-order valence-corrected chi connectivity index (χ3v) is 2.60. The number of rotatable bonds is 7. The standard InChI is InChI=1S/C13H20FN/c1-2-3-4-5-6-7-10-13-12(14)9-8-11-15-13/h8-9,11H,2-7,10H2,1H3. The van der Waals surface area contributed by atoms with Crippen molar-refractivity contribution in [1.29, 1.82) is 0 Å². The third kappa shape index (κ3) is 4.91. The Labute approximate surface area is 91.7 Å². The average Bonchev–Trinajstić information content (AvgIpc) is 2.25. The molecule has 15 heavy (non-hydrogen) atoms. The second-order valence-corrected chi connectivity index (χ2v) is 3.95. The van der Waals surface area contributed by atoms with Crippen LogP contribution in [-0.4, -0.2) is 4.98 Å². The van der Waals surface area contributed by atoms with Gasteiger partial charge in [-0.25, -0.2) is 4.39 Å². The zero-order valence-corrected chi connectivity index (χ0v) is 9.51. The molecule has 0 N–H and O–H groups in total. The summed E-state index contributed by atoms with van der Waals surface area (Å²) in [5.41, 5.74) is 0.619. The Kier molecular flexibility index (Phi) is 5.98. The lowest BCUT2D eigenvalue weighted by Crippen LogP contribution is -1.94. The predicted octanol–water partition coefficient (Wildman–Crippen LogP) is 4.12. The topological polar surface area (TPSA) is 12.9 Å². The second kappa shape index (κ2) is 7.38. The molecule has 84 valence electrons. The average molecular weight is 209 g/mol. The lowest BCUT2D eigenvalue weighted by atomic mass is 10.1. The molecule has 0 amide bonds. The van der Waals surface area contributed by atoms with Crippen molar-refractivity contribution in [3.05, 3.63) is 29.8 Å². The first-order valence-corrected chi connectivity index (χ1v) is 5.94. The highest BCUT2D eigenvalue weighted by atomic mass is 19.1. The summed E-state index contributed by atoms with van der Waals surface area (Å²) in [4.78, 5) is 4.04. The van der Waals surface area contributed by atoms with E-state index in [0.717, 1.165) is 12.8 Å². The van der Waals surface area contributed by atoms with Crippen LogP contribution in [0, 0.1) is 5.82 Å². The van der Waals surface area contributed by atoms with Gasteiger partial charge in [0.15, 0.2) is 0 Å². The first-order chi connectivity index (χ1) is 7.34. The van der Waals surface area contributed by atoms with Crippen LogP contribution in [0.1, 0.15) is 51.1 Å². The van der Waals surface area contributed by atoms with E-state index in [2.05, 4.69) is 11.9 Å². The summed E-state index contributed by atoms with van der Waals surface area (Å²) in [5.74, 6) is -0.161. The van der Waals surface area contributed by atoms with Crippen LogP contribution in [0.2, 0.25) is 0 Å². The van der Waals surface area contributed by atoms with Crippen LogP contribution in [0.4, 0.5) is 4.39 Å². The molecule has 0 spiro atoms. The molecule has 1 rings (SSSR count). The summed E-state index contributed by atoms with van der Waals surface area (Å²) in [5, 5.41) is 0. The van der Waals surface area contributed by atoms with Crippen molar-refractivity contribution in [2.24, 2.45) is 0 Å². The normalized spacial score (nSPS) is 10.5. The predicted molar refractivity (Wildman–Crippen MR) is 61.3 cm³/mol. The lowest BCUT2D eigenvalue weighted by Gasteiger charge is -2.02. The number of aromatic nitrogens is 1. The van der Waals surface area contributed by atoms with Crippen molar-refractivity contribution >= 4 is 0 Å². The lowest BCUT2D eigenvalue weighted by molar-refractivity contribution is 0.570. The molecular weight excluding hydrogens is 189 g/mol. The van der Waals surface area contributed by atoms with Crippen molar-refractivity contribution in [1.82, 2.24) is 4.98 Å². The molecule has 0 aliphatic carbocycles. The van der Waals surface area contributed by atoms with E-state index >= 15 is 0 Å². The minimum atomic E-state index is -0.161. The molecule has 0 fully saturated rings. The molecule has 1 nitrogen and oxygen atoms in total. The van der Waals surface area contributed by atoms with Gasteiger partial charge in [0.2, 0.25) is 0 Å². The second-order valence-electron chi connectivity index (χ2n) is 3.95. The van der Waals surface area contributed by atoms with Gasteiger partial charge in [0.1, 0.15) is 5.82 Å². The van der Waals surface area contributed by atoms with E-state index < -0.39 is 0 Å². The van der Waals surface area contributed by atoms with E-state index in [4.69, 9.17) is 0 Å². The van der Waals surface area contributed by atoms with Crippen molar-refractivity contribution in [3.8, 4) is 0 Å². The van der Waals surface area contributed by atoms with Gasteiger partial charge in [0.05, 0.1) is 5.69 Å². The Balaban J connectivity index is 2.12. The molecule has 0 aliphatic rings. The number of nitrogens with zero attached hydrogens (tertiary/aromatic N) is 1. The molecule has 0 unspecified atom stereocenters. The molecule has 0 saturated heterocycles. The molecule has 0 radical (unpaired) electrons. The summed E-state index contributed by atoms with van der Waals surface area (Å²) in [7, 11) is 0. The van der Waals surface area contributed by atoms with Gasteiger partial charge in [0.25, 0.3) is 0 Å². The fourth-order valence-electron chi connectivity index (χ4n) is 1.68. The number of hydrogen-bond donors (Lipinski definition) is 0. The van der Waals surface area contributed by atoms with Gasteiger partial charge in [-0.1, -0.05) is 39.0 Å². The Morgan fingerprint density at radius 3 is 2.60 bits per heavy atom. The van der Waals surface area contributed by atoms with Gasteiger partial charge >= 0.3 is 0 Å². The zero-order valence-electron chi connectivity index (χ0n) is 9.51. The van der Waals surface area contributed by atoms with Gasteiger partial charge in [-0.15, -0.1) is 0 Å². The maximum absolute atomic E-state index is 13.2. The summed E-state index contributed by atoms with van der Waals surface area (Å²) in [6, 6.07) is 3.12. The van der Waals surface area contributed by atoms with Gasteiger partial charge in [-0.3, -0.25) is 4.98 Å². The molecule has 2 heteroatoms. The van der Waals surface area contributed by atoms with Crippen molar-refractivity contribution in [3.63, 3.8) is 0 Å². The molecule has 0 bridgehead atoms. The van der Waals surface area contributed by atoms with E-state index in [9.17, 15) is 4.39 Å². The van der Waals surface area contributed by atoms with E-state index in [1.54, 1.807) is 12.3 Å². The maximum Gasteiger partial charge on any atom is 0.144 e. The van der Waals surface area contributed by atoms with E-state index in [0.29, 0.717) is 5.69 Å². The number of hydrogen-bond acceptors (Lipinski definition) is 1. The molecular formula is C13H20FN. The third-order valence-electron chi connectivity index (χ3n) is 2.60. The number of pyridine rings is 1. The SMILES string of the molecule is CCCCCCCCc1ncccc1F. The fourth-order valence-corrected chi connectivity index (χ4v) is 1.68. The Hall–Kier alpha value is -0.920. The molecule has 0 aliphatic heterocycles. The van der Waals surface area contributed by atoms with Crippen LogP contribution in [-0.2, 0) is 6.42 Å². The Morgan fingerprint density at radius 2 is 1.87 bits per heavy atom. The van der Waals surface area contributed by atoms with Crippen LogP contribution >= 0.6 is 0 Å². The van der Waals surface area contributed by atoms with Gasteiger partial charge in [-0.2, -0.15) is 0 Å². The molecule has 0 atom stereocenters. The van der Waals surface area contributed by atoms with E-state index in [-0.39, 0.29) is 5.82 Å². The summed E-state index contributed by atoms with van der Waals surface area (Å²) >= 11 is 0. The highest BCUT2D eigenvalue weighted by Crippen LogP contribution is 2.10. The fraction of sp³-hybridized carbons (Fsp3) is 0.615. The van der Waals surface area contributed by atoms with Crippen molar-refractivity contribution < 1.29 is 4.39 Å². The minimum Gasteiger partial charge on any atom is -0.258 e. The van der Waals surface area contributed by atoms with Crippen molar-refractivity contribution in [2.45, 2.75) is 51.9 Å². The molecule has 0 aromatic carbocycles. The van der Waals surface area contributed by atoms with Crippen LogP contribution in [0.15, 0.2) is 18.3 Å². The van der Waals surface area contributed by atoms with Gasteiger partial charge < -0.3 is 0 Å². The molecule has 0 saturated carbocycles. The minimum absolute atomic E-state index is 0.161.